The summed E-state index contributed by atoms with van der Waals surface area (Å²) in [4.78, 5) is 2.50. The molecule has 0 bridgehead atoms. The summed E-state index contributed by atoms with van der Waals surface area (Å²) in [5.74, 6) is 0. The van der Waals surface area contributed by atoms with Gasteiger partial charge in [-0.05, 0) is 30.9 Å². The third-order valence-electron chi connectivity index (χ3n) is 3.88. The molecule has 0 radical (unpaired) electrons. The molecule has 1 aromatic carbocycles. The molecule has 2 aliphatic heterocycles. The van der Waals surface area contributed by atoms with Gasteiger partial charge in [-0.2, -0.15) is 0 Å². The monoisotopic (exact) mass is 246 g/mol. The lowest BCUT2D eigenvalue weighted by Crippen LogP contribution is -2.40. The maximum absolute atomic E-state index is 5.60. The lowest BCUT2D eigenvalue weighted by molar-refractivity contribution is -0.0211. The van der Waals surface area contributed by atoms with Crippen LogP contribution in [0.5, 0.6) is 0 Å². The average molecular weight is 246 g/mol. The van der Waals surface area contributed by atoms with Gasteiger partial charge in [0.2, 0.25) is 0 Å². The van der Waals surface area contributed by atoms with Crippen LogP contribution in [0.15, 0.2) is 18.2 Å². The number of fused-ring (bicyclic) bond motifs is 1. The standard InChI is InChI=1S/C15H22N2O/c1-12-10-17(8-9-18-12)11-14-5-2-4-13-6-3-7-16-15(13)14/h2,4-5,12,16H,3,6-11H2,1H3. The van der Waals surface area contributed by atoms with Gasteiger partial charge in [0.15, 0.2) is 0 Å². The molecule has 3 heteroatoms. The van der Waals surface area contributed by atoms with E-state index in [0.717, 1.165) is 32.8 Å². The highest BCUT2D eigenvalue weighted by Crippen LogP contribution is 2.27. The Balaban J connectivity index is 1.76. The van der Waals surface area contributed by atoms with Gasteiger partial charge in [-0.1, -0.05) is 18.2 Å². The largest absolute Gasteiger partial charge is 0.385 e. The van der Waals surface area contributed by atoms with Gasteiger partial charge in [0.1, 0.15) is 0 Å². The Labute approximate surface area is 109 Å². The van der Waals surface area contributed by atoms with Crippen LogP contribution >= 0.6 is 0 Å². The molecule has 18 heavy (non-hydrogen) atoms. The van der Waals surface area contributed by atoms with E-state index in [0.29, 0.717) is 6.10 Å². The van der Waals surface area contributed by atoms with E-state index < -0.39 is 0 Å². The fourth-order valence-electron chi connectivity index (χ4n) is 2.99. The number of nitrogens with zero attached hydrogens (tertiary/aromatic N) is 1. The van der Waals surface area contributed by atoms with Gasteiger partial charge in [0.05, 0.1) is 12.7 Å². The zero-order valence-electron chi connectivity index (χ0n) is 11.1. The van der Waals surface area contributed by atoms with Gasteiger partial charge in [-0.3, -0.25) is 4.90 Å². The number of aryl methyl sites for hydroxylation is 1. The number of nitrogens with one attached hydrogen (secondary N) is 1. The van der Waals surface area contributed by atoms with Crippen molar-refractivity contribution >= 4 is 5.69 Å². The molecule has 0 amide bonds. The Bertz CT molecular complexity index is 419. The Morgan fingerprint density at radius 1 is 1.44 bits per heavy atom. The van der Waals surface area contributed by atoms with Crippen LogP contribution < -0.4 is 5.32 Å². The highest BCUT2D eigenvalue weighted by Gasteiger charge is 2.19. The van der Waals surface area contributed by atoms with Crippen LogP contribution in [0.1, 0.15) is 24.5 Å². The second-order valence-electron chi connectivity index (χ2n) is 5.40. The number of para-hydroxylation sites is 1. The number of hydrogen-bond acceptors (Lipinski definition) is 3. The predicted octanol–water partition coefficient (Wildman–Crippen LogP) is 2.27. The quantitative estimate of drug-likeness (QED) is 0.866. The molecule has 0 saturated carbocycles. The molecule has 1 unspecified atom stereocenters. The molecule has 2 aliphatic rings. The molecule has 98 valence electrons. The summed E-state index contributed by atoms with van der Waals surface area (Å²) in [6.45, 7) is 7.28. The first-order valence-electron chi connectivity index (χ1n) is 7.01. The fraction of sp³-hybridized carbons (Fsp3) is 0.600. The van der Waals surface area contributed by atoms with Crippen molar-refractivity contribution in [2.24, 2.45) is 0 Å². The van der Waals surface area contributed by atoms with Gasteiger partial charge in [-0.25, -0.2) is 0 Å². The Morgan fingerprint density at radius 3 is 3.28 bits per heavy atom. The molecule has 1 saturated heterocycles. The molecular formula is C15H22N2O. The second-order valence-corrected chi connectivity index (χ2v) is 5.40. The smallest absolute Gasteiger partial charge is 0.0674 e. The van der Waals surface area contributed by atoms with Crippen LogP contribution in [0.2, 0.25) is 0 Å². The fourth-order valence-corrected chi connectivity index (χ4v) is 2.99. The molecular weight excluding hydrogens is 224 g/mol. The van der Waals surface area contributed by atoms with Crippen molar-refractivity contribution in [2.45, 2.75) is 32.4 Å². The van der Waals surface area contributed by atoms with E-state index in [2.05, 4.69) is 35.3 Å². The van der Waals surface area contributed by atoms with E-state index in [1.54, 1.807) is 0 Å². The second kappa shape index (κ2) is 5.29. The Kier molecular flexibility index (Phi) is 3.52. The van der Waals surface area contributed by atoms with E-state index in [-0.39, 0.29) is 0 Å². The van der Waals surface area contributed by atoms with E-state index in [1.807, 2.05) is 0 Å². The van der Waals surface area contributed by atoms with E-state index >= 15 is 0 Å². The van der Waals surface area contributed by atoms with Crippen molar-refractivity contribution in [3.05, 3.63) is 29.3 Å². The minimum atomic E-state index is 0.367. The molecule has 1 aromatic rings. The zero-order chi connectivity index (χ0) is 12.4. The summed E-state index contributed by atoms with van der Waals surface area (Å²) in [6, 6.07) is 6.72. The highest BCUT2D eigenvalue weighted by atomic mass is 16.5. The summed E-state index contributed by atoms with van der Waals surface area (Å²) in [6.07, 6.45) is 2.84. The normalized spacial score (nSPS) is 24.4. The predicted molar refractivity (Wildman–Crippen MR) is 73.9 cm³/mol. The van der Waals surface area contributed by atoms with E-state index in [4.69, 9.17) is 4.74 Å². The summed E-state index contributed by atoms with van der Waals surface area (Å²) in [7, 11) is 0. The van der Waals surface area contributed by atoms with Gasteiger partial charge in [0, 0.05) is 31.9 Å². The number of ether oxygens (including phenoxy) is 1. The van der Waals surface area contributed by atoms with Crippen molar-refractivity contribution in [1.82, 2.24) is 4.90 Å². The zero-order valence-corrected chi connectivity index (χ0v) is 11.1. The van der Waals surface area contributed by atoms with Gasteiger partial charge >= 0.3 is 0 Å². The minimum Gasteiger partial charge on any atom is -0.385 e. The molecule has 1 fully saturated rings. The molecule has 2 heterocycles. The summed E-state index contributed by atoms with van der Waals surface area (Å²) in [5, 5.41) is 3.57. The van der Waals surface area contributed by atoms with Crippen LogP contribution in [0, 0.1) is 0 Å². The Morgan fingerprint density at radius 2 is 2.39 bits per heavy atom. The lowest BCUT2D eigenvalue weighted by atomic mass is 9.99. The molecule has 0 spiro atoms. The first-order valence-corrected chi connectivity index (χ1v) is 7.01. The van der Waals surface area contributed by atoms with Gasteiger partial charge in [0.25, 0.3) is 0 Å². The topological polar surface area (TPSA) is 24.5 Å². The number of morpholine rings is 1. The van der Waals surface area contributed by atoms with Crippen molar-refractivity contribution in [1.29, 1.82) is 0 Å². The third-order valence-corrected chi connectivity index (χ3v) is 3.88. The SMILES string of the molecule is CC1CN(Cc2cccc3c2NCCC3)CCO1. The molecule has 0 aromatic heterocycles. The summed E-state index contributed by atoms with van der Waals surface area (Å²) >= 11 is 0. The summed E-state index contributed by atoms with van der Waals surface area (Å²) in [5.41, 5.74) is 4.32. The molecule has 3 nitrogen and oxygen atoms in total. The molecule has 3 rings (SSSR count). The summed E-state index contributed by atoms with van der Waals surface area (Å²) < 4.78 is 5.60. The minimum absolute atomic E-state index is 0.367. The first kappa shape index (κ1) is 12.0. The molecule has 1 atom stereocenters. The van der Waals surface area contributed by atoms with Gasteiger partial charge < -0.3 is 10.1 Å². The van der Waals surface area contributed by atoms with Crippen LogP contribution in [0.4, 0.5) is 5.69 Å². The third kappa shape index (κ3) is 2.52. The van der Waals surface area contributed by atoms with Crippen LogP contribution in [-0.2, 0) is 17.7 Å². The highest BCUT2D eigenvalue weighted by molar-refractivity contribution is 5.59. The van der Waals surface area contributed by atoms with E-state index in [9.17, 15) is 0 Å². The van der Waals surface area contributed by atoms with Crippen molar-refractivity contribution in [2.75, 3.05) is 31.6 Å². The number of rotatable bonds is 2. The van der Waals surface area contributed by atoms with Crippen LogP contribution in [0.3, 0.4) is 0 Å². The van der Waals surface area contributed by atoms with Crippen molar-refractivity contribution in [3.63, 3.8) is 0 Å². The maximum Gasteiger partial charge on any atom is 0.0674 e. The molecule has 0 aliphatic carbocycles. The lowest BCUT2D eigenvalue weighted by Gasteiger charge is -2.32. The average Bonchev–Trinajstić information content (AvgIpc) is 2.39. The van der Waals surface area contributed by atoms with Gasteiger partial charge in [-0.15, -0.1) is 0 Å². The van der Waals surface area contributed by atoms with Crippen molar-refractivity contribution in [3.8, 4) is 0 Å². The van der Waals surface area contributed by atoms with Crippen LogP contribution in [-0.4, -0.2) is 37.2 Å². The number of hydrogen-bond donors (Lipinski definition) is 1. The van der Waals surface area contributed by atoms with Crippen molar-refractivity contribution < 1.29 is 4.74 Å². The van der Waals surface area contributed by atoms with E-state index in [1.165, 1.54) is 29.7 Å². The molecule has 1 N–H and O–H groups in total. The van der Waals surface area contributed by atoms with Crippen LogP contribution in [0.25, 0.3) is 0 Å². The Hall–Kier alpha value is -1.06. The number of benzene rings is 1. The first-order chi connectivity index (χ1) is 8.83. The number of anilines is 1. The maximum atomic E-state index is 5.60.